The third-order valence-electron chi connectivity index (χ3n) is 2.01. The number of aromatic nitrogens is 2. The molecule has 5 heteroatoms. The van der Waals surface area contributed by atoms with Crippen LogP contribution in [0, 0.1) is 0 Å². The quantitative estimate of drug-likeness (QED) is 0.856. The van der Waals surface area contributed by atoms with Gasteiger partial charge < -0.3 is 11.1 Å². The Hall–Kier alpha value is -1.81. The second-order valence-corrected chi connectivity index (χ2v) is 3.76. The number of halogens is 1. The third kappa shape index (κ3) is 2.84. The number of nitrogens with zero attached hydrogens (tertiary/aromatic N) is 2. The number of nitrogens with one attached hydrogen (secondary N) is 1. The molecule has 4 nitrogen and oxygen atoms in total. The van der Waals surface area contributed by atoms with Gasteiger partial charge in [-0.05, 0) is 17.7 Å². The van der Waals surface area contributed by atoms with E-state index in [-0.39, 0.29) is 0 Å². The second-order valence-electron chi connectivity index (χ2n) is 3.32. The lowest BCUT2D eigenvalue weighted by Crippen LogP contribution is -2.03. The highest BCUT2D eigenvalue weighted by Gasteiger charge is 1.97. The standard InChI is InChI=1S/C11H11ClN4/c12-9-3-1-2-8(4-9)5-14-11-15-6-10(13)7-16-11/h1-4,6-7H,5,13H2,(H,14,15,16). The van der Waals surface area contributed by atoms with Crippen LogP contribution >= 0.6 is 11.6 Å². The Kier molecular flexibility index (Phi) is 3.22. The van der Waals surface area contributed by atoms with Gasteiger partial charge in [0.05, 0.1) is 18.1 Å². The summed E-state index contributed by atoms with van der Waals surface area (Å²) >= 11 is 5.87. The van der Waals surface area contributed by atoms with E-state index in [0.29, 0.717) is 18.2 Å². The Labute approximate surface area is 98.5 Å². The van der Waals surface area contributed by atoms with Gasteiger partial charge in [-0.3, -0.25) is 0 Å². The first kappa shape index (κ1) is 10.7. The smallest absolute Gasteiger partial charge is 0.222 e. The molecule has 0 saturated carbocycles. The van der Waals surface area contributed by atoms with Crippen LogP contribution in [-0.2, 0) is 6.54 Å². The highest BCUT2D eigenvalue weighted by atomic mass is 35.5. The Bertz CT molecular complexity index is 470. The van der Waals surface area contributed by atoms with Crippen molar-refractivity contribution in [2.24, 2.45) is 0 Å². The van der Waals surface area contributed by atoms with Gasteiger partial charge in [0.15, 0.2) is 0 Å². The summed E-state index contributed by atoms with van der Waals surface area (Å²) in [6.07, 6.45) is 3.13. The number of nitrogen functional groups attached to an aromatic ring is 1. The average Bonchev–Trinajstić information content (AvgIpc) is 2.28. The average molecular weight is 235 g/mol. The van der Waals surface area contributed by atoms with Gasteiger partial charge in [-0.2, -0.15) is 0 Å². The van der Waals surface area contributed by atoms with Crippen LogP contribution in [-0.4, -0.2) is 9.97 Å². The predicted molar refractivity (Wildman–Crippen MR) is 65.2 cm³/mol. The molecule has 1 heterocycles. The molecule has 2 aromatic rings. The predicted octanol–water partition coefficient (Wildman–Crippen LogP) is 2.32. The van der Waals surface area contributed by atoms with Crippen LogP contribution < -0.4 is 11.1 Å². The summed E-state index contributed by atoms with van der Waals surface area (Å²) in [5, 5.41) is 3.80. The number of hydrogen-bond donors (Lipinski definition) is 2. The summed E-state index contributed by atoms with van der Waals surface area (Å²) in [5.74, 6) is 0.550. The van der Waals surface area contributed by atoms with Crippen LogP contribution in [0.2, 0.25) is 5.02 Å². The van der Waals surface area contributed by atoms with Crippen molar-refractivity contribution in [1.82, 2.24) is 9.97 Å². The zero-order valence-electron chi connectivity index (χ0n) is 8.52. The molecule has 0 atom stereocenters. The molecular formula is C11H11ClN4. The van der Waals surface area contributed by atoms with Crippen LogP contribution in [0.4, 0.5) is 11.6 Å². The largest absolute Gasteiger partial charge is 0.396 e. The highest BCUT2D eigenvalue weighted by molar-refractivity contribution is 6.30. The lowest BCUT2D eigenvalue weighted by Gasteiger charge is -2.04. The summed E-state index contributed by atoms with van der Waals surface area (Å²) in [5.41, 5.74) is 7.11. The molecule has 1 aromatic carbocycles. The topological polar surface area (TPSA) is 63.8 Å². The number of anilines is 2. The molecular weight excluding hydrogens is 224 g/mol. The fraction of sp³-hybridized carbons (Fsp3) is 0.0909. The Morgan fingerprint density at radius 2 is 2.00 bits per heavy atom. The van der Waals surface area contributed by atoms with Gasteiger partial charge in [0.2, 0.25) is 5.95 Å². The zero-order valence-corrected chi connectivity index (χ0v) is 9.28. The molecule has 3 N–H and O–H groups in total. The first-order valence-corrected chi connectivity index (χ1v) is 5.18. The summed E-state index contributed by atoms with van der Waals surface area (Å²) < 4.78 is 0. The van der Waals surface area contributed by atoms with E-state index in [0.717, 1.165) is 10.6 Å². The van der Waals surface area contributed by atoms with Crippen molar-refractivity contribution in [2.75, 3.05) is 11.1 Å². The van der Waals surface area contributed by atoms with Crippen molar-refractivity contribution in [3.05, 3.63) is 47.2 Å². The summed E-state index contributed by atoms with van der Waals surface area (Å²) in [4.78, 5) is 8.07. The molecule has 0 bridgehead atoms. The van der Waals surface area contributed by atoms with Gasteiger partial charge in [-0.1, -0.05) is 23.7 Å². The van der Waals surface area contributed by atoms with Crippen LogP contribution in [0.1, 0.15) is 5.56 Å². The minimum Gasteiger partial charge on any atom is -0.396 e. The van der Waals surface area contributed by atoms with Crippen molar-refractivity contribution < 1.29 is 0 Å². The van der Waals surface area contributed by atoms with E-state index in [1.807, 2.05) is 24.3 Å². The molecule has 0 spiro atoms. The van der Waals surface area contributed by atoms with E-state index in [9.17, 15) is 0 Å². The van der Waals surface area contributed by atoms with E-state index >= 15 is 0 Å². The molecule has 0 saturated heterocycles. The maximum atomic E-state index is 5.87. The van der Waals surface area contributed by atoms with E-state index in [2.05, 4.69) is 15.3 Å². The van der Waals surface area contributed by atoms with Crippen molar-refractivity contribution in [3.8, 4) is 0 Å². The molecule has 0 radical (unpaired) electrons. The van der Waals surface area contributed by atoms with Gasteiger partial charge in [0, 0.05) is 11.6 Å². The minimum atomic E-state index is 0.549. The van der Waals surface area contributed by atoms with E-state index in [1.165, 1.54) is 0 Å². The monoisotopic (exact) mass is 234 g/mol. The van der Waals surface area contributed by atoms with E-state index in [1.54, 1.807) is 12.4 Å². The first-order chi connectivity index (χ1) is 7.74. The van der Waals surface area contributed by atoms with Gasteiger partial charge in [0.25, 0.3) is 0 Å². The SMILES string of the molecule is Nc1cnc(NCc2cccc(Cl)c2)nc1. The molecule has 2 rings (SSSR count). The fourth-order valence-corrected chi connectivity index (χ4v) is 1.47. The Morgan fingerprint density at radius 3 is 2.69 bits per heavy atom. The van der Waals surface area contributed by atoms with Crippen LogP contribution in [0.15, 0.2) is 36.7 Å². The number of rotatable bonds is 3. The van der Waals surface area contributed by atoms with Gasteiger partial charge in [-0.15, -0.1) is 0 Å². The molecule has 0 aliphatic carbocycles. The van der Waals surface area contributed by atoms with Gasteiger partial charge in [-0.25, -0.2) is 9.97 Å². The fourth-order valence-electron chi connectivity index (χ4n) is 1.26. The zero-order chi connectivity index (χ0) is 11.4. The van der Waals surface area contributed by atoms with Crippen molar-refractivity contribution in [3.63, 3.8) is 0 Å². The summed E-state index contributed by atoms with van der Waals surface area (Å²) in [6, 6.07) is 7.62. The van der Waals surface area contributed by atoms with Crippen molar-refractivity contribution in [2.45, 2.75) is 6.54 Å². The number of benzene rings is 1. The number of nitrogens with two attached hydrogens (primary N) is 1. The van der Waals surface area contributed by atoms with Crippen LogP contribution in [0.25, 0.3) is 0 Å². The molecule has 16 heavy (non-hydrogen) atoms. The first-order valence-electron chi connectivity index (χ1n) is 4.80. The lowest BCUT2D eigenvalue weighted by molar-refractivity contribution is 1.06. The Morgan fingerprint density at radius 1 is 1.25 bits per heavy atom. The van der Waals surface area contributed by atoms with Gasteiger partial charge in [0.1, 0.15) is 0 Å². The molecule has 0 fully saturated rings. The van der Waals surface area contributed by atoms with Gasteiger partial charge >= 0.3 is 0 Å². The maximum absolute atomic E-state index is 5.87. The highest BCUT2D eigenvalue weighted by Crippen LogP contribution is 2.11. The third-order valence-corrected chi connectivity index (χ3v) is 2.25. The molecule has 0 amide bonds. The lowest BCUT2D eigenvalue weighted by atomic mass is 10.2. The summed E-state index contributed by atoms with van der Waals surface area (Å²) in [6.45, 7) is 0.629. The number of hydrogen-bond acceptors (Lipinski definition) is 4. The maximum Gasteiger partial charge on any atom is 0.222 e. The molecule has 82 valence electrons. The summed E-state index contributed by atoms with van der Waals surface area (Å²) in [7, 11) is 0. The van der Waals surface area contributed by atoms with Crippen molar-refractivity contribution in [1.29, 1.82) is 0 Å². The van der Waals surface area contributed by atoms with Crippen molar-refractivity contribution >= 4 is 23.2 Å². The van der Waals surface area contributed by atoms with Crippen LogP contribution in [0.3, 0.4) is 0 Å². The molecule has 1 aromatic heterocycles. The Balaban J connectivity index is 1.99. The van der Waals surface area contributed by atoms with E-state index < -0.39 is 0 Å². The molecule has 0 aliphatic heterocycles. The minimum absolute atomic E-state index is 0.549. The molecule has 0 aliphatic rings. The van der Waals surface area contributed by atoms with E-state index in [4.69, 9.17) is 17.3 Å². The van der Waals surface area contributed by atoms with Crippen LogP contribution in [0.5, 0.6) is 0 Å². The second kappa shape index (κ2) is 4.81. The molecule has 0 unspecified atom stereocenters. The normalized spacial score (nSPS) is 10.1.